The molecular formula is C8H11N5S. The van der Waals surface area contributed by atoms with E-state index < -0.39 is 0 Å². The van der Waals surface area contributed by atoms with Crippen molar-refractivity contribution in [1.82, 2.24) is 15.7 Å². The standard InChI is InChI=1S/C8H11N5S/c1-10-8(14)13-12-5-7-6(9)3-2-4-11-7/h2-5H,9H2,1H3,(H2,10,13,14)/b12-5+. The second kappa shape index (κ2) is 5.13. The lowest BCUT2D eigenvalue weighted by atomic mass is 10.3. The molecule has 6 heteroatoms. The number of aromatic nitrogens is 1. The number of pyridine rings is 1. The molecule has 1 rings (SSSR count). The fourth-order valence-electron chi connectivity index (χ4n) is 0.746. The van der Waals surface area contributed by atoms with Gasteiger partial charge in [0.1, 0.15) is 5.69 Å². The van der Waals surface area contributed by atoms with Crippen molar-refractivity contribution in [3.63, 3.8) is 0 Å². The maximum atomic E-state index is 5.64. The molecule has 5 nitrogen and oxygen atoms in total. The van der Waals surface area contributed by atoms with Gasteiger partial charge in [0, 0.05) is 13.2 Å². The van der Waals surface area contributed by atoms with Gasteiger partial charge in [-0.05, 0) is 24.4 Å². The average Bonchev–Trinajstić information content (AvgIpc) is 2.20. The summed E-state index contributed by atoms with van der Waals surface area (Å²) in [4.78, 5) is 4.02. The predicted molar refractivity (Wildman–Crippen MR) is 61.0 cm³/mol. The summed E-state index contributed by atoms with van der Waals surface area (Å²) >= 11 is 4.82. The summed E-state index contributed by atoms with van der Waals surface area (Å²) in [5, 5.41) is 7.01. The number of hydrogen-bond donors (Lipinski definition) is 3. The van der Waals surface area contributed by atoms with Crippen molar-refractivity contribution >= 4 is 29.2 Å². The minimum Gasteiger partial charge on any atom is -0.397 e. The van der Waals surface area contributed by atoms with Crippen LogP contribution in [0.2, 0.25) is 0 Å². The van der Waals surface area contributed by atoms with Gasteiger partial charge in [-0.2, -0.15) is 5.10 Å². The van der Waals surface area contributed by atoms with Crippen molar-refractivity contribution in [3.8, 4) is 0 Å². The van der Waals surface area contributed by atoms with Crippen molar-refractivity contribution < 1.29 is 0 Å². The maximum Gasteiger partial charge on any atom is 0.186 e. The van der Waals surface area contributed by atoms with Crippen LogP contribution >= 0.6 is 12.2 Å². The lowest BCUT2D eigenvalue weighted by molar-refractivity contribution is 0.980. The normalized spacial score (nSPS) is 10.1. The zero-order valence-corrected chi connectivity index (χ0v) is 8.51. The topological polar surface area (TPSA) is 75.3 Å². The number of thiocarbonyl (C=S) groups is 1. The maximum absolute atomic E-state index is 5.64. The van der Waals surface area contributed by atoms with Gasteiger partial charge >= 0.3 is 0 Å². The van der Waals surface area contributed by atoms with Crippen LogP contribution in [-0.4, -0.2) is 23.4 Å². The molecular weight excluding hydrogens is 198 g/mol. The van der Waals surface area contributed by atoms with E-state index in [9.17, 15) is 0 Å². The highest BCUT2D eigenvalue weighted by atomic mass is 32.1. The van der Waals surface area contributed by atoms with Crippen LogP contribution in [0.1, 0.15) is 5.69 Å². The van der Waals surface area contributed by atoms with Crippen LogP contribution in [-0.2, 0) is 0 Å². The van der Waals surface area contributed by atoms with Crippen LogP contribution in [0, 0.1) is 0 Å². The molecule has 0 saturated heterocycles. The fourth-order valence-corrected chi connectivity index (χ4v) is 0.798. The molecule has 0 aliphatic rings. The first kappa shape index (κ1) is 10.4. The van der Waals surface area contributed by atoms with Crippen molar-refractivity contribution in [2.24, 2.45) is 5.10 Å². The predicted octanol–water partition coefficient (Wildman–Crippen LogP) is 0.0916. The Kier molecular flexibility index (Phi) is 3.81. The number of rotatable bonds is 2. The van der Waals surface area contributed by atoms with E-state index in [-0.39, 0.29) is 0 Å². The Bertz CT molecular complexity index is 349. The van der Waals surface area contributed by atoms with Crippen molar-refractivity contribution in [2.45, 2.75) is 0 Å². The molecule has 1 heterocycles. The molecule has 0 atom stereocenters. The number of nitrogens with one attached hydrogen (secondary N) is 2. The van der Waals surface area contributed by atoms with Gasteiger partial charge in [0.2, 0.25) is 0 Å². The van der Waals surface area contributed by atoms with Crippen LogP contribution in [0.4, 0.5) is 5.69 Å². The molecule has 0 bridgehead atoms. The minimum atomic E-state index is 0.441. The third kappa shape index (κ3) is 2.98. The number of hydrogen-bond acceptors (Lipinski definition) is 4. The lowest BCUT2D eigenvalue weighted by Crippen LogP contribution is -2.28. The zero-order valence-electron chi connectivity index (χ0n) is 7.69. The van der Waals surface area contributed by atoms with Crippen molar-refractivity contribution in [3.05, 3.63) is 24.0 Å². The van der Waals surface area contributed by atoms with Gasteiger partial charge in [-0.3, -0.25) is 10.4 Å². The van der Waals surface area contributed by atoms with E-state index in [1.54, 1.807) is 25.4 Å². The highest BCUT2D eigenvalue weighted by molar-refractivity contribution is 7.80. The third-order valence-corrected chi connectivity index (χ3v) is 1.75. The van der Waals surface area contributed by atoms with Gasteiger partial charge in [-0.15, -0.1) is 0 Å². The monoisotopic (exact) mass is 209 g/mol. The molecule has 0 saturated carbocycles. The Morgan fingerprint density at radius 3 is 3.14 bits per heavy atom. The van der Waals surface area contributed by atoms with Crippen LogP contribution in [0.3, 0.4) is 0 Å². The quantitative estimate of drug-likeness (QED) is 0.366. The summed E-state index contributed by atoms with van der Waals surface area (Å²) in [6, 6.07) is 3.52. The van der Waals surface area contributed by atoms with E-state index in [0.29, 0.717) is 16.5 Å². The van der Waals surface area contributed by atoms with Gasteiger partial charge in [0.25, 0.3) is 0 Å². The van der Waals surface area contributed by atoms with Crippen molar-refractivity contribution in [1.29, 1.82) is 0 Å². The van der Waals surface area contributed by atoms with E-state index in [1.807, 2.05) is 0 Å². The van der Waals surface area contributed by atoms with Gasteiger partial charge < -0.3 is 11.1 Å². The largest absolute Gasteiger partial charge is 0.397 e. The van der Waals surface area contributed by atoms with E-state index in [2.05, 4.69) is 20.8 Å². The molecule has 0 fully saturated rings. The molecule has 0 unspecified atom stereocenters. The first-order chi connectivity index (χ1) is 6.74. The molecule has 74 valence electrons. The Morgan fingerprint density at radius 2 is 2.50 bits per heavy atom. The lowest BCUT2D eigenvalue weighted by Gasteiger charge is -2.00. The molecule has 0 amide bonds. The molecule has 0 radical (unpaired) electrons. The van der Waals surface area contributed by atoms with Crippen molar-refractivity contribution in [2.75, 3.05) is 12.8 Å². The number of nitrogens with zero attached hydrogens (tertiary/aromatic N) is 2. The van der Waals surface area contributed by atoms with E-state index >= 15 is 0 Å². The second-order valence-electron chi connectivity index (χ2n) is 2.43. The SMILES string of the molecule is CNC(=S)N/N=C/c1ncccc1N. The number of anilines is 1. The molecule has 0 aliphatic carbocycles. The summed E-state index contributed by atoms with van der Waals surface area (Å²) in [5.74, 6) is 0. The highest BCUT2D eigenvalue weighted by Crippen LogP contribution is 2.02. The molecule has 0 aliphatic heterocycles. The minimum absolute atomic E-state index is 0.441. The summed E-state index contributed by atoms with van der Waals surface area (Å²) in [6.07, 6.45) is 3.16. The van der Waals surface area contributed by atoms with Gasteiger partial charge in [-0.1, -0.05) is 0 Å². The van der Waals surface area contributed by atoms with Gasteiger partial charge in [0.15, 0.2) is 5.11 Å². The first-order valence-corrected chi connectivity index (χ1v) is 4.36. The number of nitrogens with two attached hydrogens (primary N) is 1. The fraction of sp³-hybridized carbons (Fsp3) is 0.125. The summed E-state index contributed by atoms with van der Waals surface area (Å²) < 4.78 is 0. The van der Waals surface area contributed by atoms with E-state index in [4.69, 9.17) is 18.0 Å². The van der Waals surface area contributed by atoms with E-state index in [0.717, 1.165) is 0 Å². The molecule has 14 heavy (non-hydrogen) atoms. The molecule has 0 aromatic carbocycles. The third-order valence-electron chi connectivity index (χ3n) is 1.45. The molecule has 1 aromatic rings. The van der Waals surface area contributed by atoms with Crippen LogP contribution in [0.5, 0.6) is 0 Å². The van der Waals surface area contributed by atoms with E-state index in [1.165, 1.54) is 6.21 Å². The van der Waals surface area contributed by atoms with Crippen LogP contribution < -0.4 is 16.5 Å². The summed E-state index contributed by atoms with van der Waals surface area (Å²) in [5.41, 5.74) is 9.43. The Labute approximate surface area is 87.4 Å². The summed E-state index contributed by atoms with van der Waals surface area (Å²) in [7, 11) is 1.71. The van der Waals surface area contributed by atoms with Gasteiger partial charge in [-0.25, -0.2) is 0 Å². The Hall–Kier alpha value is -1.69. The smallest absolute Gasteiger partial charge is 0.186 e. The summed E-state index contributed by atoms with van der Waals surface area (Å²) in [6.45, 7) is 0. The number of nitrogen functional groups attached to an aromatic ring is 1. The van der Waals surface area contributed by atoms with Crippen LogP contribution in [0.15, 0.2) is 23.4 Å². The molecule has 0 spiro atoms. The molecule has 1 aromatic heterocycles. The zero-order chi connectivity index (χ0) is 10.4. The molecule has 4 N–H and O–H groups in total. The average molecular weight is 209 g/mol. The second-order valence-corrected chi connectivity index (χ2v) is 2.84. The van der Waals surface area contributed by atoms with Crippen LogP contribution in [0.25, 0.3) is 0 Å². The highest BCUT2D eigenvalue weighted by Gasteiger charge is 1.93. The number of hydrazone groups is 1. The first-order valence-electron chi connectivity index (χ1n) is 3.95. The Balaban J connectivity index is 2.60. The Morgan fingerprint density at radius 1 is 1.71 bits per heavy atom. The van der Waals surface area contributed by atoms with Gasteiger partial charge in [0.05, 0.1) is 11.9 Å².